The summed E-state index contributed by atoms with van der Waals surface area (Å²) in [7, 11) is 0. The SMILES string of the molecule is CC#CC(=O)C(C)(C)I. The summed E-state index contributed by atoms with van der Waals surface area (Å²) in [6.07, 6.45) is 0. The van der Waals surface area contributed by atoms with Gasteiger partial charge in [-0.2, -0.15) is 0 Å². The van der Waals surface area contributed by atoms with Gasteiger partial charge < -0.3 is 0 Å². The van der Waals surface area contributed by atoms with E-state index in [-0.39, 0.29) is 9.20 Å². The van der Waals surface area contributed by atoms with Crippen LogP contribution >= 0.6 is 22.6 Å². The summed E-state index contributed by atoms with van der Waals surface area (Å²) in [5, 5.41) is 0. The van der Waals surface area contributed by atoms with Gasteiger partial charge >= 0.3 is 0 Å². The highest BCUT2D eigenvalue weighted by molar-refractivity contribution is 14.1. The zero-order valence-corrected chi connectivity index (χ0v) is 7.94. The van der Waals surface area contributed by atoms with Gasteiger partial charge in [0.1, 0.15) is 0 Å². The van der Waals surface area contributed by atoms with Gasteiger partial charge in [-0.15, -0.1) is 0 Å². The van der Waals surface area contributed by atoms with E-state index in [9.17, 15) is 4.79 Å². The fourth-order valence-electron chi connectivity index (χ4n) is 0.262. The number of hydrogen-bond acceptors (Lipinski definition) is 1. The molecule has 0 aliphatic carbocycles. The van der Waals surface area contributed by atoms with Gasteiger partial charge in [-0.25, -0.2) is 0 Å². The normalized spacial score (nSPS) is 9.78. The van der Waals surface area contributed by atoms with E-state index in [1.54, 1.807) is 6.92 Å². The van der Waals surface area contributed by atoms with Crippen LogP contribution in [0.4, 0.5) is 0 Å². The van der Waals surface area contributed by atoms with E-state index in [0.717, 1.165) is 0 Å². The average Bonchev–Trinajstić information content (AvgIpc) is 1.64. The number of Topliss-reactive ketones (excluding diaryl/α,β-unsaturated/α-hetero) is 1. The minimum atomic E-state index is -0.333. The Labute approximate surface area is 69.4 Å². The average molecular weight is 236 g/mol. The zero-order chi connectivity index (χ0) is 7.49. The lowest BCUT2D eigenvalue weighted by Crippen LogP contribution is -2.21. The fraction of sp³-hybridized carbons (Fsp3) is 0.571. The van der Waals surface area contributed by atoms with Gasteiger partial charge in [-0.05, 0) is 26.7 Å². The molecule has 1 nitrogen and oxygen atoms in total. The quantitative estimate of drug-likeness (QED) is 0.293. The molecule has 0 bridgehead atoms. The van der Waals surface area contributed by atoms with Crippen molar-refractivity contribution in [1.29, 1.82) is 0 Å². The van der Waals surface area contributed by atoms with Crippen molar-refractivity contribution >= 4 is 28.4 Å². The molecule has 0 aliphatic heterocycles. The molecule has 0 aliphatic rings. The van der Waals surface area contributed by atoms with Gasteiger partial charge in [-0.3, -0.25) is 4.79 Å². The smallest absolute Gasteiger partial charge is 0.220 e. The second kappa shape index (κ2) is 3.21. The van der Waals surface area contributed by atoms with E-state index in [2.05, 4.69) is 34.4 Å². The van der Waals surface area contributed by atoms with Crippen LogP contribution in [-0.2, 0) is 4.79 Å². The summed E-state index contributed by atoms with van der Waals surface area (Å²) in [4.78, 5) is 10.9. The van der Waals surface area contributed by atoms with Crippen molar-refractivity contribution in [2.45, 2.75) is 24.2 Å². The first kappa shape index (κ1) is 8.96. The Kier molecular flexibility index (Phi) is 3.20. The van der Waals surface area contributed by atoms with Crippen LogP contribution in [0.15, 0.2) is 0 Å². The van der Waals surface area contributed by atoms with Crippen molar-refractivity contribution in [2.75, 3.05) is 0 Å². The van der Waals surface area contributed by atoms with Crippen LogP contribution in [0.1, 0.15) is 20.8 Å². The molecule has 0 aromatic rings. The van der Waals surface area contributed by atoms with Crippen molar-refractivity contribution in [3.63, 3.8) is 0 Å². The summed E-state index contributed by atoms with van der Waals surface area (Å²) in [5.41, 5.74) is 0. The maximum Gasteiger partial charge on any atom is 0.220 e. The molecule has 0 aromatic carbocycles. The van der Waals surface area contributed by atoms with Gasteiger partial charge in [0.15, 0.2) is 0 Å². The monoisotopic (exact) mass is 236 g/mol. The first-order valence-electron chi connectivity index (χ1n) is 2.64. The molecule has 2 heteroatoms. The second-order valence-corrected chi connectivity index (χ2v) is 4.87. The van der Waals surface area contributed by atoms with Crippen LogP contribution in [0.5, 0.6) is 0 Å². The largest absolute Gasteiger partial charge is 0.283 e. The fourth-order valence-corrected chi connectivity index (χ4v) is 0.397. The third kappa shape index (κ3) is 3.52. The van der Waals surface area contributed by atoms with Crippen molar-refractivity contribution < 1.29 is 4.79 Å². The van der Waals surface area contributed by atoms with Crippen molar-refractivity contribution in [3.05, 3.63) is 0 Å². The van der Waals surface area contributed by atoms with Crippen LogP contribution in [0.3, 0.4) is 0 Å². The van der Waals surface area contributed by atoms with Crippen LogP contribution in [-0.4, -0.2) is 9.20 Å². The van der Waals surface area contributed by atoms with Crippen molar-refractivity contribution in [2.24, 2.45) is 0 Å². The van der Waals surface area contributed by atoms with Crippen LogP contribution in [0, 0.1) is 11.8 Å². The molecule has 0 N–H and O–H groups in total. The van der Waals surface area contributed by atoms with E-state index in [4.69, 9.17) is 0 Å². The van der Waals surface area contributed by atoms with Gasteiger partial charge in [0.05, 0.1) is 3.42 Å². The number of carbonyl (C=O) groups excluding carboxylic acids is 1. The lowest BCUT2D eigenvalue weighted by Gasteiger charge is -2.07. The first-order valence-corrected chi connectivity index (χ1v) is 3.72. The lowest BCUT2D eigenvalue weighted by atomic mass is 10.1. The van der Waals surface area contributed by atoms with Gasteiger partial charge in [0, 0.05) is 0 Å². The second-order valence-electron chi connectivity index (χ2n) is 2.18. The molecule has 0 radical (unpaired) electrons. The molecule has 0 aromatic heterocycles. The molecule has 50 valence electrons. The molecule has 0 atom stereocenters. The third-order valence-electron chi connectivity index (χ3n) is 0.778. The molecule has 0 fully saturated rings. The molecule has 0 unspecified atom stereocenters. The number of alkyl halides is 1. The Morgan fingerprint density at radius 2 is 2.00 bits per heavy atom. The van der Waals surface area contributed by atoms with E-state index >= 15 is 0 Å². The van der Waals surface area contributed by atoms with Gasteiger partial charge in [0.25, 0.3) is 0 Å². The Balaban J connectivity index is 4.17. The Morgan fingerprint density at radius 3 is 2.11 bits per heavy atom. The molecule has 9 heavy (non-hydrogen) atoms. The summed E-state index contributed by atoms with van der Waals surface area (Å²) in [5.74, 6) is 5.05. The molecule has 0 heterocycles. The van der Waals surface area contributed by atoms with Crippen LogP contribution in [0.25, 0.3) is 0 Å². The minimum Gasteiger partial charge on any atom is -0.283 e. The maximum absolute atomic E-state index is 10.9. The molecule has 0 spiro atoms. The van der Waals surface area contributed by atoms with E-state index < -0.39 is 0 Å². The minimum absolute atomic E-state index is 0.00870. The van der Waals surface area contributed by atoms with E-state index in [0.29, 0.717) is 0 Å². The predicted molar refractivity (Wildman–Crippen MR) is 46.6 cm³/mol. The topological polar surface area (TPSA) is 17.1 Å². The lowest BCUT2D eigenvalue weighted by molar-refractivity contribution is -0.114. The summed E-state index contributed by atoms with van der Waals surface area (Å²) in [6.45, 7) is 5.36. The van der Waals surface area contributed by atoms with Gasteiger partial charge in [-0.1, -0.05) is 28.5 Å². The van der Waals surface area contributed by atoms with Crippen LogP contribution in [0.2, 0.25) is 0 Å². The van der Waals surface area contributed by atoms with Crippen molar-refractivity contribution in [1.82, 2.24) is 0 Å². The first-order chi connectivity index (χ1) is 3.98. The number of halogens is 1. The number of ketones is 1. The molecular weight excluding hydrogens is 227 g/mol. The zero-order valence-electron chi connectivity index (χ0n) is 5.79. The van der Waals surface area contributed by atoms with Gasteiger partial charge in [0.2, 0.25) is 5.78 Å². The summed E-state index contributed by atoms with van der Waals surface area (Å²) in [6, 6.07) is 0. The molecule has 0 rings (SSSR count). The number of carbonyl (C=O) groups is 1. The Hall–Kier alpha value is -0.0400. The highest BCUT2D eigenvalue weighted by Gasteiger charge is 2.20. The number of rotatable bonds is 1. The Bertz CT molecular complexity index is 166. The Morgan fingerprint density at radius 1 is 1.56 bits per heavy atom. The molecule has 0 saturated carbocycles. The standard InChI is InChI=1S/C7H9IO/c1-4-5-6(9)7(2,3)8/h1-3H3. The number of hydrogen-bond donors (Lipinski definition) is 0. The van der Waals surface area contributed by atoms with E-state index in [1.807, 2.05) is 13.8 Å². The van der Waals surface area contributed by atoms with Crippen LogP contribution < -0.4 is 0 Å². The molecule has 0 amide bonds. The summed E-state index contributed by atoms with van der Waals surface area (Å²) >= 11 is 2.07. The maximum atomic E-state index is 10.9. The van der Waals surface area contributed by atoms with E-state index in [1.165, 1.54) is 0 Å². The summed E-state index contributed by atoms with van der Waals surface area (Å²) < 4.78 is -0.333. The molecular formula is C7H9IO. The van der Waals surface area contributed by atoms with Crippen molar-refractivity contribution in [3.8, 4) is 11.8 Å². The third-order valence-corrected chi connectivity index (χ3v) is 1.27. The highest BCUT2D eigenvalue weighted by atomic mass is 127. The molecule has 0 saturated heterocycles. The highest BCUT2D eigenvalue weighted by Crippen LogP contribution is 2.16. The predicted octanol–water partition coefficient (Wildman–Crippen LogP) is 1.79.